The molecule has 1 aliphatic heterocycles. The highest BCUT2D eigenvalue weighted by molar-refractivity contribution is 5.89. The minimum absolute atomic E-state index is 0.155. The second-order valence-electron chi connectivity index (χ2n) is 7.77. The Morgan fingerprint density at radius 1 is 1.10 bits per heavy atom. The molecule has 2 aromatic rings. The van der Waals surface area contributed by atoms with Gasteiger partial charge < -0.3 is 14.6 Å². The molecule has 0 aromatic heterocycles. The fourth-order valence-corrected chi connectivity index (χ4v) is 3.68. The standard InChI is InChI=1S/C24H31FN2O4/c1-2-30-24(29)20-5-3-6-23(15-20)31-18-22(28)17-27-12-4-11-26(13-14-27)16-19-7-9-21(25)10-8-19/h3,5-10,15,22,28H,2,4,11-14,16-18H2,1H3/t22-/m0/s1. The number of halogens is 1. The number of carbonyl (C=O) groups is 1. The Kier molecular flexibility index (Phi) is 8.82. The highest BCUT2D eigenvalue weighted by atomic mass is 19.1. The van der Waals surface area contributed by atoms with E-state index >= 15 is 0 Å². The summed E-state index contributed by atoms with van der Waals surface area (Å²) >= 11 is 0. The topological polar surface area (TPSA) is 62.2 Å². The van der Waals surface area contributed by atoms with Gasteiger partial charge in [-0.3, -0.25) is 9.80 Å². The number of rotatable bonds is 9. The van der Waals surface area contributed by atoms with Gasteiger partial charge in [0.1, 0.15) is 24.3 Å². The molecule has 2 aromatic carbocycles. The summed E-state index contributed by atoms with van der Waals surface area (Å²) in [7, 11) is 0. The largest absolute Gasteiger partial charge is 0.491 e. The lowest BCUT2D eigenvalue weighted by atomic mass is 10.2. The van der Waals surface area contributed by atoms with Crippen molar-refractivity contribution in [3.63, 3.8) is 0 Å². The zero-order valence-corrected chi connectivity index (χ0v) is 18.0. The SMILES string of the molecule is CCOC(=O)c1cccc(OC[C@@H](O)CN2CCCN(Cc3ccc(F)cc3)CC2)c1. The number of β-amino-alcohol motifs (C(OH)–C–C–N with tert-alkyl or cyclic N) is 1. The predicted molar refractivity (Wildman–Crippen MR) is 117 cm³/mol. The maximum Gasteiger partial charge on any atom is 0.338 e. The Labute approximate surface area is 183 Å². The van der Waals surface area contributed by atoms with Gasteiger partial charge in [-0.1, -0.05) is 18.2 Å². The van der Waals surface area contributed by atoms with Crippen LogP contribution in [0.15, 0.2) is 48.5 Å². The van der Waals surface area contributed by atoms with E-state index < -0.39 is 6.10 Å². The molecule has 0 spiro atoms. The maximum atomic E-state index is 13.1. The van der Waals surface area contributed by atoms with E-state index in [0.29, 0.717) is 24.5 Å². The lowest BCUT2D eigenvalue weighted by Crippen LogP contribution is -2.38. The summed E-state index contributed by atoms with van der Waals surface area (Å²) in [6.45, 7) is 7.21. The smallest absolute Gasteiger partial charge is 0.338 e. The molecule has 1 saturated heterocycles. The van der Waals surface area contributed by atoms with Gasteiger partial charge in [0.15, 0.2) is 0 Å². The molecule has 7 heteroatoms. The van der Waals surface area contributed by atoms with Crippen molar-refractivity contribution in [2.24, 2.45) is 0 Å². The van der Waals surface area contributed by atoms with Crippen LogP contribution in [0.2, 0.25) is 0 Å². The second kappa shape index (κ2) is 11.8. The fourth-order valence-electron chi connectivity index (χ4n) is 3.68. The highest BCUT2D eigenvalue weighted by Crippen LogP contribution is 2.15. The molecule has 3 rings (SSSR count). The molecule has 168 valence electrons. The van der Waals surface area contributed by atoms with Gasteiger partial charge in [-0.05, 0) is 62.3 Å². The van der Waals surface area contributed by atoms with Crippen molar-refractivity contribution >= 4 is 5.97 Å². The van der Waals surface area contributed by atoms with Crippen molar-refractivity contribution in [2.75, 3.05) is 45.9 Å². The van der Waals surface area contributed by atoms with Gasteiger partial charge in [0.2, 0.25) is 0 Å². The number of hydrogen-bond acceptors (Lipinski definition) is 6. The summed E-state index contributed by atoms with van der Waals surface area (Å²) in [5, 5.41) is 10.4. The minimum Gasteiger partial charge on any atom is -0.491 e. The van der Waals surface area contributed by atoms with Crippen LogP contribution in [0.1, 0.15) is 29.3 Å². The average Bonchev–Trinajstić information content (AvgIpc) is 2.99. The van der Waals surface area contributed by atoms with E-state index in [1.54, 1.807) is 31.2 Å². The number of esters is 1. The van der Waals surface area contributed by atoms with Crippen LogP contribution in [-0.4, -0.2) is 72.9 Å². The normalized spacial score (nSPS) is 16.5. The van der Waals surface area contributed by atoms with Crippen molar-refractivity contribution in [1.82, 2.24) is 9.80 Å². The molecule has 31 heavy (non-hydrogen) atoms. The third-order valence-corrected chi connectivity index (χ3v) is 5.26. The van der Waals surface area contributed by atoms with E-state index in [9.17, 15) is 14.3 Å². The van der Waals surface area contributed by atoms with E-state index in [0.717, 1.165) is 44.7 Å². The van der Waals surface area contributed by atoms with Crippen LogP contribution in [0.4, 0.5) is 4.39 Å². The molecule has 1 fully saturated rings. The first-order chi connectivity index (χ1) is 15.0. The zero-order chi connectivity index (χ0) is 22.1. The number of aliphatic hydroxyl groups is 1. The Hall–Kier alpha value is -2.48. The average molecular weight is 431 g/mol. The molecule has 0 unspecified atom stereocenters. The van der Waals surface area contributed by atoms with Crippen LogP contribution in [-0.2, 0) is 11.3 Å². The van der Waals surface area contributed by atoms with Crippen LogP contribution in [0.5, 0.6) is 5.75 Å². The predicted octanol–water partition coefficient (Wildman–Crippen LogP) is 2.95. The van der Waals surface area contributed by atoms with E-state index in [2.05, 4.69) is 9.80 Å². The van der Waals surface area contributed by atoms with E-state index in [1.165, 1.54) is 12.1 Å². The van der Waals surface area contributed by atoms with Crippen molar-refractivity contribution in [2.45, 2.75) is 26.0 Å². The Balaban J connectivity index is 1.42. The van der Waals surface area contributed by atoms with Crippen LogP contribution in [0, 0.1) is 5.82 Å². The van der Waals surface area contributed by atoms with Crippen molar-refractivity contribution in [1.29, 1.82) is 0 Å². The van der Waals surface area contributed by atoms with Crippen LogP contribution in [0.25, 0.3) is 0 Å². The first-order valence-electron chi connectivity index (χ1n) is 10.8. The fraction of sp³-hybridized carbons (Fsp3) is 0.458. The van der Waals surface area contributed by atoms with Crippen LogP contribution in [0.3, 0.4) is 0 Å². The molecular formula is C24H31FN2O4. The summed E-state index contributed by atoms with van der Waals surface area (Å²) in [6.07, 6.45) is 0.381. The van der Waals surface area contributed by atoms with Gasteiger partial charge in [0.25, 0.3) is 0 Å². The molecule has 0 radical (unpaired) electrons. The van der Waals surface area contributed by atoms with E-state index in [-0.39, 0.29) is 18.4 Å². The van der Waals surface area contributed by atoms with Crippen molar-refractivity contribution in [3.05, 3.63) is 65.5 Å². The Bertz CT molecular complexity index is 831. The van der Waals surface area contributed by atoms with Crippen molar-refractivity contribution in [3.8, 4) is 5.75 Å². The monoisotopic (exact) mass is 430 g/mol. The number of aliphatic hydroxyl groups excluding tert-OH is 1. The molecule has 1 N–H and O–H groups in total. The first kappa shape index (κ1) is 23.2. The number of benzene rings is 2. The molecule has 1 heterocycles. The van der Waals surface area contributed by atoms with Crippen molar-refractivity contribution < 1.29 is 23.8 Å². The van der Waals surface area contributed by atoms with Gasteiger partial charge >= 0.3 is 5.97 Å². The van der Waals surface area contributed by atoms with E-state index in [1.807, 2.05) is 12.1 Å². The maximum absolute atomic E-state index is 13.1. The lowest BCUT2D eigenvalue weighted by Gasteiger charge is -2.24. The van der Waals surface area contributed by atoms with Gasteiger partial charge in [-0.25, -0.2) is 9.18 Å². The summed E-state index contributed by atoms with van der Waals surface area (Å²) in [5.41, 5.74) is 1.54. The van der Waals surface area contributed by atoms with Crippen LogP contribution < -0.4 is 4.74 Å². The molecule has 0 saturated carbocycles. The third-order valence-electron chi connectivity index (χ3n) is 5.26. The molecule has 1 aliphatic rings. The molecular weight excluding hydrogens is 399 g/mol. The zero-order valence-electron chi connectivity index (χ0n) is 18.0. The van der Waals surface area contributed by atoms with E-state index in [4.69, 9.17) is 9.47 Å². The highest BCUT2D eigenvalue weighted by Gasteiger charge is 2.18. The second-order valence-corrected chi connectivity index (χ2v) is 7.77. The number of hydrogen-bond donors (Lipinski definition) is 1. The molecule has 6 nitrogen and oxygen atoms in total. The number of nitrogens with zero attached hydrogens (tertiary/aromatic N) is 2. The molecule has 1 atom stereocenters. The molecule has 0 amide bonds. The van der Waals surface area contributed by atoms with Crippen LogP contribution >= 0.6 is 0 Å². The summed E-state index contributed by atoms with van der Waals surface area (Å²) in [5.74, 6) is -0.0659. The van der Waals surface area contributed by atoms with Gasteiger partial charge in [-0.2, -0.15) is 0 Å². The van der Waals surface area contributed by atoms with Gasteiger partial charge in [0.05, 0.1) is 12.2 Å². The molecule has 0 aliphatic carbocycles. The Morgan fingerprint density at radius 2 is 1.84 bits per heavy atom. The summed E-state index contributed by atoms with van der Waals surface area (Å²) in [4.78, 5) is 16.4. The first-order valence-corrected chi connectivity index (χ1v) is 10.8. The van der Waals surface area contributed by atoms with Gasteiger partial charge in [-0.15, -0.1) is 0 Å². The molecule has 0 bridgehead atoms. The Morgan fingerprint density at radius 3 is 2.61 bits per heavy atom. The number of carbonyl (C=O) groups excluding carboxylic acids is 1. The minimum atomic E-state index is -0.630. The summed E-state index contributed by atoms with van der Waals surface area (Å²) in [6, 6.07) is 13.5. The lowest BCUT2D eigenvalue weighted by molar-refractivity contribution is 0.0525. The summed E-state index contributed by atoms with van der Waals surface area (Å²) < 4.78 is 23.8. The third kappa shape index (κ3) is 7.61. The number of ether oxygens (including phenoxy) is 2. The quantitative estimate of drug-likeness (QED) is 0.618. The van der Waals surface area contributed by atoms with Gasteiger partial charge in [0, 0.05) is 26.2 Å².